The Bertz CT molecular complexity index is 1440. The number of carbonyl (C=O) groups excluding carboxylic acids is 1. The molecule has 192 valence electrons. The maximum Gasteiger partial charge on any atom is 0.238 e. The Balaban J connectivity index is 1.49. The van der Waals surface area contributed by atoms with Gasteiger partial charge in [0, 0.05) is 11.4 Å². The quantitative estimate of drug-likeness (QED) is 0.276. The number of aromatic nitrogens is 3. The lowest BCUT2D eigenvalue weighted by molar-refractivity contribution is -0.113. The van der Waals surface area contributed by atoms with Crippen molar-refractivity contribution in [2.24, 2.45) is 5.14 Å². The van der Waals surface area contributed by atoms with Crippen LogP contribution in [0.4, 0.5) is 5.69 Å². The number of primary sulfonamides is 1. The van der Waals surface area contributed by atoms with Gasteiger partial charge in [-0.1, -0.05) is 30.0 Å². The lowest BCUT2D eigenvalue weighted by Gasteiger charge is -2.12. The number of hydrogen-bond donors (Lipinski definition) is 2. The third-order valence-electron chi connectivity index (χ3n) is 5.02. The first-order valence-corrected chi connectivity index (χ1v) is 13.8. The summed E-state index contributed by atoms with van der Waals surface area (Å²) in [6.45, 7) is 2.65. The Morgan fingerprint density at radius 2 is 1.62 bits per heavy atom. The van der Waals surface area contributed by atoms with E-state index < -0.39 is 10.0 Å². The third kappa shape index (κ3) is 7.09. The van der Waals surface area contributed by atoms with E-state index >= 15 is 0 Å². The molecule has 37 heavy (non-hydrogen) atoms. The van der Waals surface area contributed by atoms with Gasteiger partial charge < -0.3 is 14.8 Å². The number of para-hydroxylation sites is 1. The first-order valence-electron chi connectivity index (χ1n) is 11.2. The van der Waals surface area contributed by atoms with Crippen molar-refractivity contribution in [3.63, 3.8) is 0 Å². The van der Waals surface area contributed by atoms with Crippen LogP contribution in [-0.2, 0) is 21.4 Å². The highest BCUT2D eigenvalue weighted by molar-refractivity contribution is 7.99. The number of amides is 1. The summed E-state index contributed by atoms with van der Waals surface area (Å²) in [5, 5.41) is 16.9. The smallest absolute Gasteiger partial charge is 0.238 e. The molecule has 3 aromatic carbocycles. The molecule has 3 N–H and O–H groups in total. The summed E-state index contributed by atoms with van der Waals surface area (Å²) in [5.74, 6) is 1.76. The first-order chi connectivity index (χ1) is 17.8. The molecular formula is C25H25N5O5S2. The van der Waals surface area contributed by atoms with Crippen LogP contribution in [0, 0.1) is 0 Å². The molecule has 0 spiro atoms. The number of sulfonamides is 1. The van der Waals surface area contributed by atoms with E-state index in [1.807, 2.05) is 66.1 Å². The van der Waals surface area contributed by atoms with E-state index in [0.29, 0.717) is 29.0 Å². The molecule has 0 unspecified atom stereocenters. The maximum absolute atomic E-state index is 12.6. The van der Waals surface area contributed by atoms with Gasteiger partial charge in [0.05, 0.1) is 17.3 Å². The molecule has 1 amide bonds. The molecule has 10 nitrogen and oxygen atoms in total. The number of nitrogens with two attached hydrogens (primary N) is 1. The van der Waals surface area contributed by atoms with E-state index in [2.05, 4.69) is 15.5 Å². The highest BCUT2D eigenvalue weighted by Crippen LogP contribution is 2.25. The number of nitrogens with zero attached hydrogens (tertiary/aromatic N) is 3. The Morgan fingerprint density at radius 1 is 0.946 bits per heavy atom. The van der Waals surface area contributed by atoms with Gasteiger partial charge in [0.2, 0.25) is 15.9 Å². The summed E-state index contributed by atoms with van der Waals surface area (Å²) in [6.07, 6.45) is 0. The molecule has 0 saturated heterocycles. The molecule has 0 aliphatic rings. The highest BCUT2D eigenvalue weighted by atomic mass is 32.2. The summed E-state index contributed by atoms with van der Waals surface area (Å²) < 4.78 is 36.1. The van der Waals surface area contributed by atoms with Crippen molar-refractivity contribution < 1.29 is 22.7 Å². The van der Waals surface area contributed by atoms with Crippen molar-refractivity contribution in [1.82, 2.24) is 14.8 Å². The van der Waals surface area contributed by atoms with Crippen LogP contribution in [0.15, 0.2) is 88.9 Å². The van der Waals surface area contributed by atoms with Crippen LogP contribution in [0.2, 0.25) is 0 Å². The van der Waals surface area contributed by atoms with Gasteiger partial charge in [-0.05, 0) is 67.6 Å². The molecule has 0 bridgehead atoms. The van der Waals surface area contributed by atoms with E-state index in [4.69, 9.17) is 14.6 Å². The molecule has 0 aliphatic heterocycles. The zero-order valence-electron chi connectivity index (χ0n) is 19.9. The Morgan fingerprint density at radius 3 is 2.27 bits per heavy atom. The average molecular weight is 540 g/mol. The van der Waals surface area contributed by atoms with Gasteiger partial charge in [-0.2, -0.15) is 0 Å². The van der Waals surface area contributed by atoms with Gasteiger partial charge in [0.15, 0.2) is 11.0 Å². The minimum absolute atomic E-state index is 0.0337. The molecule has 1 aromatic heterocycles. The van der Waals surface area contributed by atoms with E-state index in [0.717, 1.165) is 11.4 Å². The molecule has 4 aromatic rings. The molecular weight excluding hydrogens is 514 g/mol. The highest BCUT2D eigenvalue weighted by Gasteiger charge is 2.17. The Labute approximate surface area is 218 Å². The zero-order valence-corrected chi connectivity index (χ0v) is 21.5. The predicted octanol–water partition coefficient (Wildman–Crippen LogP) is 3.62. The largest absolute Gasteiger partial charge is 0.494 e. The summed E-state index contributed by atoms with van der Waals surface area (Å²) in [7, 11) is -3.80. The predicted molar refractivity (Wildman–Crippen MR) is 140 cm³/mol. The first kappa shape index (κ1) is 26.2. The van der Waals surface area contributed by atoms with Crippen molar-refractivity contribution in [3.05, 3.63) is 84.7 Å². The van der Waals surface area contributed by atoms with E-state index in [1.165, 1.54) is 36.0 Å². The average Bonchev–Trinajstić information content (AvgIpc) is 3.30. The van der Waals surface area contributed by atoms with Gasteiger partial charge in [-0.15, -0.1) is 10.2 Å². The molecule has 0 aliphatic carbocycles. The second-order valence-corrected chi connectivity index (χ2v) is 10.2. The van der Waals surface area contributed by atoms with Crippen LogP contribution in [-0.4, -0.2) is 41.4 Å². The van der Waals surface area contributed by atoms with Crippen molar-refractivity contribution in [2.45, 2.75) is 23.6 Å². The number of hydrogen-bond acceptors (Lipinski definition) is 8. The summed E-state index contributed by atoms with van der Waals surface area (Å²) >= 11 is 1.21. The number of benzene rings is 3. The number of nitrogens with one attached hydrogen (secondary N) is 1. The second-order valence-electron chi connectivity index (χ2n) is 7.67. The lowest BCUT2D eigenvalue weighted by atomic mass is 10.3. The summed E-state index contributed by atoms with van der Waals surface area (Å²) in [6, 6.07) is 22.5. The van der Waals surface area contributed by atoms with Gasteiger partial charge in [0.1, 0.15) is 18.1 Å². The number of ether oxygens (including phenoxy) is 2. The minimum atomic E-state index is -3.80. The van der Waals surface area contributed by atoms with Crippen molar-refractivity contribution >= 4 is 33.4 Å². The monoisotopic (exact) mass is 539 g/mol. The van der Waals surface area contributed by atoms with Crippen molar-refractivity contribution in [3.8, 4) is 17.2 Å². The number of carbonyl (C=O) groups is 1. The maximum atomic E-state index is 12.6. The van der Waals surface area contributed by atoms with E-state index in [-0.39, 0.29) is 23.2 Å². The SMILES string of the molecule is CCOc1ccc(-n2c(COc3ccccc3)nnc2SCC(=O)Nc2ccc(S(N)(=O)=O)cc2)cc1. The fourth-order valence-corrected chi connectivity index (χ4v) is 4.61. The van der Waals surface area contributed by atoms with Crippen LogP contribution in [0.5, 0.6) is 11.5 Å². The van der Waals surface area contributed by atoms with Crippen molar-refractivity contribution in [1.29, 1.82) is 0 Å². The van der Waals surface area contributed by atoms with E-state index in [1.54, 1.807) is 0 Å². The molecule has 4 rings (SSSR count). The summed E-state index contributed by atoms with van der Waals surface area (Å²) in [4.78, 5) is 12.5. The molecule has 12 heteroatoms. The van der Waals surface area contributed by atoms with Gasteiger partial charge in [-0.3, -0.25) is 9.36 Å². The standard InChI is InChI=1S/C25H25N5O5S2/c1-2-34-21-12-10-19(11-13-21)30-23(16-35-20-6-4-3-5-7-20)28-29-25(30)36-17-24(31)27-18-8-14-22(15-9-18)37(26,32)33/h3-15H,2,16-17H2,1H3,(H,27,31)(H2,26,32,33). The molecule has 0 radical (unpaired) electrons. The van der Waals surface area contributed by atoms with Crippen LogP contribution in [0.1, 0.15) is 12.7 Å². The molecule has 1 heterocycles. The van der Waals surface area contributed by atoms with E-state index in [9.17, 15) is 13.2 Å². The summed E-state index contributed by atoms with van der Waals surface area (Å²) in [5.41, 5.74) is 1.24. The normalized spacial score (nSPS) is 11.2. The topological polar surface area (TPSA) is 138 Å². The van der Waals surface area contributed by atoms with Crippen LogP contribution < -0.4 is 19.9 Å². The number of rotatable bonds is 11. The van der Waals surface area contributed by atoms with Gasteiger partial charge in [-0.25, -0.2) is 13.6 Å². The van der Waals surface area contributed by atoms with Crippen LogP contribution >= 0.6 is 11.8 Å². The Kier molecular flexibility index (Phi) is 8.43. The fourth-order valence-electron chi connectivity index (χ4n) is 3.32. The number of thioether (sulfide) groups is 1. The fraction of sp³-hybridized carbons (Fsp3) is 0.160. The Hall–Kier alpha value is -3.87. The van der Waals surface area contributed by atoms with Crippen LogP contribution in [0.3, 0.4) is 0 Å². The third-order valence-corrected chi connectivity index (χ3v) is 6.87. The van der Waals surface area contributed by atoms with Gasteiger partial charge in [0.25, 0.3) is 0 Å². The van der Waals surface area contributed by atoms with Crippen molar-refractivity contribution in [2.75, 3.05) is 17.7 Å². The molecule has 0 atom stereocenters. The minimum Gasteiger partial charge on any atom is -0.494 e. The second kappa shape index (κ2) is 11.9. The molecule has 0 fully saturated rings. The molecule has 0 saturated carbocycles. The van der Waals surface area contributed by atoms with Gasteiger partial charge >= 0.3 is 0 Å². The zero-order chi connectivity index (χ0) is 26.3. The lowest BCUT2D eigenvalue weighted by Crippen LogP contribution is -2.15. The van der Waals surface area contributed by atoms with Crippen LogP contribution in [0.25, 0.3) is 5.69 Å². The number of anilines is 1.